The van der Waals surface area contributed by atoms with Gasteiger partial charge in [-0.1, -0.05) is 273 Å². The summed E-state index contributed by atoms with van der Waals surface area (Å²) in [5.41, 5.74) is 18.6. The zero-order valence-electron chi connectivity index (χ0n) is 44.7. The fourth-order valence-electron chi connectivity index (χ4n) is 12.4. The van der Waals surface area contributed by atoms with Gasteiger partial charge in [-0.2, -0.15) is 0 Å². The summed E-state index contributed by atoms with van der Waals surface area (Å²) in [5.74, 6) is 0. The van der Waals surface area contributed by atoms with E-state index in [0.717, 1.165) is 39.4 Å². The summed E-state index contributed by atoms with van der Waals surface area (Å²) in [4.78, 5) is 2.43. The van der Waals surface area contributed by atoms with Crippen LogP contribution in [0.3, 0.4) is 0 Å². The number of hydrogen-bond donors (Lipinski definition) is 0. The molecule has 1 heterocycles. The van der Waals surface area contributed by atoms with Crippen molar-refractivity contribution in [2.45, 2.75) is 0 Å². The number of anilines is 3. The molecule has 81 heavy (non-hydrogen) atoms. The van der Waals surface area contributed by atoms with Crippen LogP contribution in [-0.2, 0) is 0 Å². The van der Waals surface area contributed by atoms with Crippen LogP contribution in [0.5, 0.6) is 0 Å². The van der Waals surface area contributed by atoms with Crippen LogP contribution in [0, 0.1) is 0 Å². The number of benzene rings is 13. The van der Waals surface area contributed by atoms with Crippen molar-refractivity contribution in [3.63, 3.8) is 0 Å². The standard InChI is InChI=1S/C78H56N2Si/c1-7-23-57(24-8-1)62-47-54-72(75(56-62)60-25-9-2-10-26-60)61-43-41-58(42-44-61)59-45-48-65(49-46-59)79(66-50-52-71(53-51-66)81(68-31-13-4-14-32-68,69-33-15-5-16-34-69)70-35-17-6-18-36-70)67-30-21-27-63(55-67)73-38-22-40-77-78(73)74-37-19-20-39-76(74)80(77)64-28-11-3-12-29-64/h1-56H. The van der Waals surface area contributed by atoms with E-state index in [1.54, 1.807) is 0 Å². The summed E-state index contributed by atoms with van der Waals surface area (Å²) in [6.45, 7) is 0. The van der Waals surface area contributed by atoms with Crippen LogP contribution >= 0.6 is 0 Å². The molecule has 14 rings (SSSR count). The molecule has 0 unspecified atom stereocenters. The van der Waals surface area contributed by atoms with Crippen molar-refractivity contribution in [1.29, 1.82) is 0 Å². The molecule has 1 aromatic heterocycles. The third-order valence-electron chi connectivity index (χ3n) is 16.2. The Balaban J connectivity index is 0.881. The molecule has 0 saturated carbocycles. The van der Waals surface area contributed by atoms with E-state index >= 15 is 0 Å². The van der Waals surface area contributed by atoms with E-state index < -0.39 is 8.07 Å². The van der Waals surface area contributed by atoms with Gasteiger partial charge >= 0.3 is 0 Å². The quantitative estimate of drug-likeness (QED) is 0.0825. The monoisotopic (exact) mass is 1050 g/mol. The highest BCUT2D eigenvalue weighted by molar-refractivity contribution is 7.19. The van der Waals surface area contributed by atoms with Gasteiger partial charge in [-0.25, -0.2) is 0 Å². The molecular formula is C78H56N2Si. The normalized spacial score (nSPS) is 11.5. The van der Waals surface area contributed by atoms with Gasteiger partial charge < -0.3 is 9.47 Å². The molecule has 0 bridgehead atoms. The van der Waals surface area contributed by atoms with Crippen LogP contribution in [0.25, 0.3) is 83.1 Å². The third-order valence-corrected chi connectivity index (χ3v) is 21.0. The fourth-order valence-corrected chi connectivity index (χ4v) is 17.2. The van der Waals surface area contributed by atoms with Crippen LogP contribution in [0.15, 0.2) is 340 Å². The Morgan fingerprint density at radius 3 is 1.26 bits per heavy atom. The molecule has 0 spiro atoms. The average Bonchev–Trinajstić information content (AvgIpc) is 3.91. The fraction of sp³-hybridized carbons (Fsp3) is 0. The second-order valence-electron chi connectivity index (χ2n) is 20.8. The van der Waals surface area contributed by atoms with Gasteiger partial charge in [-0.3, -0.25) is 0 Å². The second-order valence-corrected chi connectivity index (χ2v) is 24.6. The molecule has 382 valence electrons. The summed E-state index contributed by atoms with van der Waals surface area (Å²) in [6.07, 6.45) is 0. The lowest BCUT2D eigenvalue weighted by molar-refractivity contribution is 1.18. The first-order valence-corrected chi connectivity index (χ1v) is 29.9. The Bertz CT molecular complexity index is 4350. The Morgan fingerprint density at radius 1 is 0.235 bits per heavy atom. The van der Waals surface area contributed by atoms with E-state index in [9.17, 15) is 0 Å². The Hall–Kier alpha value is -10.3. The van der Waals surface area contributed by atoms with Crippen molar-refractivity contribution < 1.29 is 0 Å². The van der Waals surface area contributed by atoms with Crippen molar-refractivity contribution in [2.75, 3.05) is 4.90 Å². The third kappa shape index (κ3) is 9.06. The first kappa shape index (κ1) is 49.0. The summed E-state index contributed by atoms with van der Waals surface area (Å²) >= 11 is 0. The lowest BCUT2D eigenvalue weighted by Gasteiger charge is -2.35. The van der Waals surface area contributed by atoms with Crippen LogP contribution < -0.4 is 25.6 Å². The Morgan fingerprint density at radius 2 is 0.654 bits per heavy atom. The SMILES string of the molecule is c1ccc(-c2ccc(-c3ccc(-c4ccc(N(c5ccc([Si](c6ccccc6)(c6ccccc6)c6ccccc6)cc5)c5cccc(-c6cccc7c6c6ccccc6n7-c6ccccc6)c5)cc4)cc3)c(-c3ccccc3)c2)cc1. The predicted octanol–water partition coefficient (Wildman–Crippen LogP) is 18.0. The lowest BCUT2D eigenvalue weighted by atomic mass is 9.90. The zero-order valence-corrected chi connectivity index (χ0v) is 45.7. The minimum absolute atomic E-state index is 1.07. The first-order valence-electron chi connectivity index (χ1n) is 27.9. The van der Waals surface area contributed by atoms with Crippen molar-refractivity contribution in [2.24, 2.45) is 0 Å². The van der Waals surface area contributed by atoms with E-state index in [0.29, 0.717) is 0 Å². The molecule has 14 aromatic rings. The minimum Gasteiger partial charge on any atom is -0.310 e. The highest BCUT2D eigenvalue weighted by Crippen LogP contribution is 2.43. The molecule has 3 heteroatoms. The molecule has 2 nitrogen and oxygen atoms in total. The molecule has 0 aliphatic heterocycles. The average molecular weight is 1050 g/mol. The molecule has 0 radical (unpaired) electrons. The van der Waals surface area contributed by atoms with Gasteiger partial charge in [-0.15, -0.1) is 0 Å². The number of nitrogens with zero attached hydrogens (tertiary/aromatic N) is 2. The van der Waals surface area contributed by atoms with Gasteiger partial charge in [0.2, 0.25) is 0 Å². The highest BCUT2D eigenvalue weighted by Gasteiger charge is 2.41. The van der Waals surface area contributed by atoms with Gasteiger partial charge in [-0.05, 0) is 143 Å². The Labute approximate surface area is 475 Å². The second kappa shape index (κ2) is 21.5. The van der Waals surface area contributed by atoms with Crippen LogP contribution in [0.4, 0.5) is 17.1 Å². The Kier molecular flexibility index (Phi) is 13.0. The van der Waals surface area contributed by atoms with Crippen molar-refractivity contribution in [1.82, 2.24) is 4.57 Å². The number of aromatic nitrogens is 1. The number of rotatable bonds is 13. The minimum atomic E-state index is -2.77. The molecular weight excluding hydrogens is 993 g/mol. The molecule has 0 atom stereocenters. The van der Waals surface area contributed by atoms with E-state index in [-0.39, 0.29) is 0 Å². The van der Waals surface area contributed by atoms with Crippen molar-refractivity contribution in [3.8, 4) is 61.3 Å². The summed E-state index contributed by atoms with van der Waals surface area (Å²) in [6, 6.07) is 125. The maximum absolute atomic E-state index is 2.77. The number of hydrogen-bond acceptors (Lipinski definition) is 1. The van der Waals surface area contributed by atoms with E-state index in [4.69, 9.17) is 0 Å². The zero-order chi connectivity index (χ0) is 54.0. The van der Waals surface area contributed by atoms with E-state index in [1.165, 1.54) is 81.5 Å². The predicted molar refractivity (Wildman–Crippen MR) is 346 cm³/mol. The van der Waals surface area contributed by atoms with Gasteiger partial charge in [0.05, 0.1) is 11.0 Å². The van der Waals surface area contributed by atoms with E-state index in [2.05, 4.69) is 349 Å². The molecule has 0 amide bonds. The van der Waals surface area contributed by atoms with Gasteiger partial charge in [0.25, 0.3) is 0 Å². The summed E-state index contributed by atoms with van der Waals surface area (Å²) in [5, 5.41) is 7.85. The first-order chi connectivity index (χ1) is 40.2. The largest absolute Gasteiger partial charge is 0.310 e. The van der Waals surface area contributed by atoms with Crippen LogP contribution in [0.2, 0.25) is 0 Å². The summed E-state index contributed by atoms with van der Waals surface area (Å²) < 4.78 is 2.40. The maximum atomic E-state index is 2.43. The molecule has 0 saturated heterocycles. The van der Waals surface area contributed by atoms with Crippen molar-refractivity contribution >= 4 is 67.7 Å². The highest BCUT2D eigenvalue weighted by atomic mass is 28.3. The molecule has 0 fully saturated rings. The number of para-hydroxylation sites is 2. The van der Waals surface area contributed by atoms with Gasteiger partial charge in [0, 0.05) is 33.5 Å². The van der Waals surface area contributed by atoms with Gasteiger partial charge in [0.15, 0.2) is 8.07 Å². The van der Waals surface area contributed by atoms with Crippen LogP contribution in [-0.4, -0.2) is 12.6 Å². The lowest BCUT2D eigenvalue weighted by Crippen LogP contribution is -2.74. The van der Waals surface area contributed by atoms with Gasteiger partial charge in [0.1, 0.15) is 0 Å². The van der Waals surface area contributed by atoms with Crippen molar-refractivity contribution in [3.05, 3.63) is 340 Å². The molecule has 0 aliphatic rings. The molecule has 0 aliphatic carbocycles. The molecule has 13 aromatic carbocycles. The smallest absolute Gasteiger partial charge is 0.179 e. The summed E-state index contributed by atoms with van der Waals surface area (Å²) in [7, 11) is -2.77. The maximum Gasteiger partial charge on any atom is 0.179 e. The van der Waals surface area contributed by atoms with E-state index in [1.807, 2.05) is 0 Å². The molecule has 0 N–H and O–H groups in total. The number of fused-ring (bicyclic) bond motifs is 3. The topological polar surface area (TPSA) is 8.17 Å². The van der Waals surface area contributed by atoms with Crippen LogP contribution in [0.1, 0.15) is 0 Å².